The number of carbonyl (C=O) groups excluding carboxylic acids is 1. The normalized spacial score (nSPS) is 14.9. The quantitative estimate of drug-likeness (QED) is 0.613. The second-order valence-corrected chi connectivity index (χ2v) is 5.84. The molecule has 0 saturated heterocycles. The number of allylic oxidation sites excluding steroid dienone is 1. The molecule has 3 N–H and O–H groups in total. The predicted molar refractivity (Wildman–Crippen MR) is 80.3 cm³/mol. The Morgan fingerprint density at radius 1 is 1.50 bits per heavy atom. The van der Waals surface area contributed by atoms with Gasteiger partial charge in [-0.3, -0.25) is 9.36 Å². The number of hydrogen-bond acceptors (Lipinski definition) is 5. The monoisotopic (exact) mass is 295 g/mol. The topological polar surface area (TPSA) is 85.8 Å². The van der Waals surface area contributed by atoms with Crippen LogP contribution in [0.1, 0.15) is 32.1 Å². The van der Waals surface area contributed by atoms with Crippen molar-refractivity contribution in [2.75, 3.05) is 18.0 Å². The number of nitrogens with two attached hydrogens (primary N) is 1. The van der Waals surface area contributed by atoms with Gasteiger partial charge in [0.25, 0.3) is 0 Å². The summed E-state index contributed by atoms with van der Waals surface area (Å²) in [4.78, 5) is 11.7. The first-order valence-corrected chi connectivity index (χ1v) is 7.87. The number of amides is 1. The first-order valence-electron chi connectivity index (χ1n) is 6.89. The largest absolute Gasteiger partial charge is 0.368 e. The molecule has 0 saturated carbocycles. The van der Waals surface area contributed by atoms with E-state index in [9.17, 15) is 4.79 Å². The zero-order valence-electron chi connectivity index (χ0n) is 11.8. The molecule has 0 spiro atoms. The third-order valence-corrected chi connectivity index (χ3v) is 4.37. The van der Waals surface area contributed by atoms with E-state index in [0.29, 0.717) is 23.4 Å². The number of nitrogens with zero attached hydrogens (tertiary/aromatic N) is 3. The highest BCUT2D eigenvalue weighted by atomic mass is 32.2. The molecule has 0 aliphatic heterocycles. The SMILES string of the molecule is Cn1c(N)nnc1SCC(=O)NCCC1=CCCCC1. The molecule has 2 rings (SSSR count). The standard InChI is InChI=1S/C13H21N5OS/c1-18-12(14)16-17-13(18)20-9-11(19)15-8-7-10-5-3-2-4-6-10/h5H,2-4,6-9H2,1H3,(H2,14,16)(H,15,19). The third kappa shape index (κ3) is 4.26. The van der Waals surface area contributed by atoms with Gasteiger partial charge in [0.2, 0.25) is 11.9 Å². The van der Waals surface area contributed by atoms with E-state index in [2.05, 4.69) is 21.6 Å². The molecule has 1 heterocycles. The average Bonchev–Trinajstić information content (AvgIpc) is 2.78. The Kier molecular flexibility index (Phi) is 5.46. The van der Waals surface area contributed by atoms with Gasteiger partial charge in [-0.25, -0.2) is 0 Å². The molecular formula is C13H21N5OS. The van der Waals surface area contributed by atoms with Crippen LogP contribution in [0.25, 0.3) is 0 Å². The van der Waals surface area contributed by atoms with Crippen LogP contribution >= 0.6 is 11.8 Å². The van der Waals surface area contributed by atoms with Crippen LogP contribution in [0.5, 0.6) is 0 Å². The minimum Gasteiger partial charge on any atom is -0.368 e. The minimum atomic E-state index is 0.0213. The van der Waals surface area contributed by atoms with Crippen LogP contribution in [0.4, 0.5) is 5.95 Å². The summed E-state index contributed by atoms with van der Waals surface area (Å²) in [6.45, 7) is 0.714. The van der Waals surface area contributed by atoms with Gasteiger partial charge in [-0.2, -0.15) is 0 Å². The molecule has 1 amide bonds. The number of carbonyl (C=O) groups is 1. The van der Waals surface area contributed by atoms with Crippen LogP contribution < -0.4 is 11.1 Å². The maximum atomic E-state index is 11.7. The smallest absolute Gasteiger partial charge is 0.230 e. The van der Waals surface area contributed by atoms with Gasteiger partial charge in [0.1, 0.15) is 0 Å². The van der Waals surface area contributed by atoms with Crippen molar-refractivity contribution in [3.05, 3.63) is 11.6 Å². The number of nitrogen functional groups attached to an aromatic ring is 1. The molecule has 1 aromatic heterocycles. The second kappa shape index (κ2) is 7.33. The summed E-state index contributed by atoms with van der Waals surface area (Å²) in [7, 11) is 1.78. The Labute approximate surface area is 123 Å². The van der Waals surface area contributed by atoms with Crippen LogP contribution in [0, 0.1) is 0 Å². The first-order chi connectivity index (χ1) is 9.66. The maximum absolute atomic E-state index is 11.7. The van der Waals surface area contributed by atoms with Crippen LogP contribution in [-0.4, -0.2) is 33.0 Å². The van der Waals surface area contributed by atoms with Gasteiger partial charge < -0.3 is 11.1 Å². The first kappa shape index (κ1) is 14.9. The van der Waals surface area contributed by atoms with Crippen LogP contribution in [0.15, 0.2) is 16.8 Å². The van der Waals surface area contributed by atoms with E-state index in [1.54, 1.807) is 11.6 Å². The van der Waals surface area contributed by atoms with Crippen molar-refractivity contribution in [2.45, 2.75) is 37.3 Å². The molecule has 1 aliphatic carbocycles. The highest BCUT2D eigenvalue weighted by molar-refractivity contribution is 7.99. The van der Waals surface area contributed by atoms with E-state index in [1.807, 2.05) is 0 Å². The van der Waals surface area contributed by atoms with Crippen LogP contribution in [0.2, 0.25) is 0 Å². The number of hydrogen-bond donors (Lipinski definition) is 2. The van der Waals surface area contributed by atoms with E-state index in [0.717, 1.165) is 6.42 Å². The van der Waals surface area contributed by atoms with Crippen molar-refractivity contribution < 1.29 is 4.79 Å². The average molecular weight is 295 g/mol. The summed E-state index contributed by atoms with van der Waals surface area (Å²) in [5.74, 6) is 0.718. The van der Waals surface area contributed by atoms with Gasteiger partial charge in [0, 0.05) is 13.6 Å². The summed E-state index contributed by atoms with van der Waals surface area (Å²) < 4.78 is 1.67. The van der Waals surface area contributed by atoms with Gasteiger partial charge in [0.15, 0.2) is 5.16 Å². The zero-order valence-corrected chi connectivity index (χ0v) is 12.6. The van der Waals surface area contributed by atoms with Gasteiger partial charge in [-0.05, 0) is 32.1 Å². The van der Waals surface area contributed by atoms with Crippen molar-refractivity contribution in [3.63, 3.8) is 0 Å². The molecule has 6 nitrogen and oxygen atoms in total. The van der Waals surface area contributed by atoms with E-state index >= 15 is 0 Å². The van der Waals surface area contributed by atoms with Gasteiger partial charge in [-0.1, -0.05) is 23.4 Å². The highest BCUT2D eigenvalue weighted by Crippen LogP contribution is 2.19. The van der Waals surface area contributed by atoms with Gasteiger partial charge >= 0.3 is 0 Å². The Morgan fingerprint density at radius 2 is 2.35 bits per heavy atom. The molecule has 1 aromatic rings. The molecule has 0 bridgehead atoms. The van der Waals surface area contributed by atoms with Crippen LogP contribution in [-0.2, 0) is 11.8 Å². The fourth-order valence-electron chi connectivity index (χ4n) is 2.13. The fraction of sp³-hybridized carbons (Fsp3) is 0.615. The lowest BCUT2D eigenvalue weighted by atomic mass is 9.97. The van der Waals surface area contributed by atoms with Gasteiger partial charge in [0.05, 0.1) is 5.75 Å². The van der Waals surface area contributed by atoms with E-state index in [1.165, 1.54) is 43.0 Å². The highest BCUT2D eigenvalue weighted by Gasteiger charge is 2.09. The molecular weight excluding hydrogens is 274 g/mol. The predicted octanol–water partition coefficient (Wildman–Crippen LogP) is 1.50. The fourth-order valence-corrected chi connectivity index (χ4v) is 2.88. The summed E-state index contributed by atoms with van der Waals surface area (Å²) in [5.41, 5.74) is 7.06. The molecule has 0 aromatic carbocycles. The van der Waals surface area contributed by atoms with Crippen molar-refractivity contribution >= 4 is 23.6 Å². The minimum absolute atomic E-state index is 0.0213. The molecule has 0 atom stereocenters. The Balaban J connectivity index is 1.65. The molecule has 7 heteroatoms. The molecule has 0 fully saturated rings. The van der Waals surface area contributed by atoms with E-state index < -0.39 is 0 Å². The van der Waals surface area contributed by atoms with Crippen LogP contribution in [0.3, 0.4) is 0 Å². The second-order valence-electron chi connectivity index (χ2n) is 4.90. The Morgan fingerprint density at radius 3 is 3.00 bits per heavy atom. The summed E-state index contributed by atoms with van der Waals surface area (Å²) in [6, 6.07) is 0. The van der Waals surface area contributed by atoms with Crippen molar-refractivity contribution in [1.82, 2.24) is 20.1 Å². The van der Waals surface area contributed by atoms with E-state index in [4.69, 9.17) is 5.73 Å². The summed E-state index contributed by atoms with van der Waals surface area (Å²) in [6.07, 6.45) is 8.23. The molecule has 0 unspecified atom stereocenters. The lowest BCUT2D eigenvalue weighted by molar-refractivity contribution is -0.118. The summed E-state index contributed by atoms with van der Waals surface area (Å²) in [5, 5.41) is 11.2. The molecule has 110 valence electrons. The van der Waals surface area contributed by atoms with Crippen molar-refractivity contribution in [1.29, 1.82) is 0 Å². The Bertz CT molecular complexity index is 497. The zero-order chi connectivity index (χ0) is 14.4. The van der Waals surface area contributed by atoms with Crippen molar-refractivity contribution in [2.24, 2.45) is 7.05 Å². The maximum Gasteiger partial charge on any atom is 0.230 e. The lowest BCUT2D eigenvalue weighted by Gasteiger charge is -2.12. The number of rotatable bonds is 6. The molecule has 1 aliphatic rings. The number of nitrogens with one attached hydrogen (secondary N) is 1. The number of thioether (sulfide) groups is 1. The molecule has 20 heavy (non-hydrogen) atoms. The Hall–Kier alpha value is -1.50. The number of aromatic nitrogens is 3. The number of anilines is 1. The van der Waals surface area contributed by atoms with Crippen molar-refractivity contribution in [3.8, 4) is 0 Å². The lowest BCUT2D eigenvalue weighted by Crippen LogP contribution is -2.26. The van der Waals surface area contributed by atoms with Gasteiger partial charge in [-0.15, -0.1) is 10.2 Å². The summed E-state index contributed by atoms with van der Waals surface area (Å²) >= 11 is 1.34. The van der Waals surface area contributed by atoms with E-state index in [-0.39, 0.29) is 5.91 Å². The third-order valence-electron chi connectivity index (χ3n) is 3.35. The molecule has 0 radical (unpaired) electrons.